The summed E-state index contributed by atoms with van der Waals surface area (Å²) in [4.78, 5) is 4.08. The molecule has 1 aromatic carbocycles. The molecule has 0 radical (unpaired) electrons. The van der Waals surface area contributed by atoms with Crippen molar-refractivity contribution in [2.45, 2.75) is 6.92 Å². The summed E-state index contributed by atoms with van der Waals surface area (Å²) < 4.78 is 5.39. The molecule has 0 aliphatic carbocycles. The van der Waals surface area contributed by atoms with Crippen molar-refractivity contribution >= 4 is 5.69 Å². The smallest absolute Gasteiger partial charge is 0.142 e. The van der Waals surface area contributed by atoms with Crippen molar-refractivity contribution < 1.29 is 4.74 Å². The molecule has 0 unspecified atom stereocenters. The number of rotatable bonds is 3. The topological polar surface area (TPSA) is 48.1 Å². The highest BCUT2D eigenvalue weighted by molar-refractivity contribution is 5.69. The molecule has 3 nitrogen and oxygen atoms in total. The van der Waals surface area contributed by atoms with Gasteiger partial charge in [0.25, 0.3) is 0 Å². The predicted molar refractivity (Wildman–Crippen MR) is 65.3 cm³/mol. The second-order valence-corrected chi connectivity index (χ2v) is 3.43. The number of aromatic nitrogens is 1. The normalized spacial score (nSPS) is 10.1. The van der Waals surface area contributed by atoms with Crippen LogP contribution in [-0.2, 0) is 0 Å². The molecule has 0 saturated heterocycles. The molecule has 82 valence electrons. The first-order chi connectivity index (χ1) is 7.81. The average molecular weight is 214 g/mol. The van der Waals surface area contributed by atoms with Crippen LogP contribution in [0.15, 0.2) is 42.7 Å². The van der Waals surface area contributed by atoms with E-state index >= 15 is 0 Å². The van der Waals surface area contributed by atoms with E-state index in [1.807, 2.05) is 43.5 Å². The lowest BCUT2D eigenvalue weighted by Crippen LogP contribution is -1.96. The van der Waals surface area contributed by atoms with Crippen molar-refractivity contribution in [3.05, 3.63) is 42.7 Å². The van der Waals surface area contributed by atoms with E-state index in [0.29, 0.717) is 12.3 Å². The largest absolute Gasteiger partial charge is 0.492 e. The van der Waals surface area contributed by atoms with Crippen molar-refractivity contribution in [1.29, 1.82) is 0 Å². The monoisotopic (exact) mass is 214 g/mol. The van der Waals surface area contributed by atoms with E-state index in [4.69, 9.17) is 10.5 Å². The standard InChI is InChI=1S/C13H14N2O/c1-2-16-13-6-5-10(8-12(13)14)11-4-3-7-15-9-11/h3-9H,2,14H2,1H3. The number of hydrogen-bond donors (Lipinski definition) is 1. The lowest BCUT2D eigenvalue weighted by Gasteiger charge is -2.08. The first kappa shape index (κ1) is 10.5. The third-order valence-corrected chi connectivity index (χ3v) is 2.30. The summed E-state index contributed by atoms with van der Waals surface area (Å²) in [5.41, 5.74) is 8.66. The summed E-state index contributed by atoms with van der Waals surface area (Å²) in [5, 5.41) is 0. The molecular formula is C13H14N2O. The Morgan fingerprint density at radius 2 is 2.12 bits per heavy atom. The molecule has 3 heteroatoms. The maximum Gasteiger partial charge on any atom is 0.142 e. The van der Waals surface area contributed by atoms with E-state index < -0.39 is 0 Å². The molecule has 0 saturated carbocycles. The van der Waals surface area contributed by atoms with Gasteiger partial charge in [-0.1, -0.05) is 12.1 Å². The fourth-order valence-corrected chi connectivity index (χ4v) is 1.55. The summed E-state index contributed by atoms with van der Waals surface area (Å²) in [6.45, 7) is 2.56. The second-order valence-electron chi connectivity index (χ2n) is 3.43. The van der Waals surface area contributed by atoms with E-state index in [-0.39, 0.29) is 0 Å². The zero-order valence-electron chi connectivity index (χ0n) is 9.18. The van der Waals surface area contributed by atoms with Gasteiger partial charge in [0.1, 0.15) is 5.75 Å². The van der Waals surface area contributed by atoms with Gasteiger partial charge >= 0.3 is 0 Å². The van der Waals surface area contributed by atoms with Gasteiger partial charge in [-0.2, -0.15) is 0 Å². The maximum atomic E-state index is 5.90. The molecule has 0 spiro atoms. The minimum Gasteiger partial charge on any atom is -0.492 e. The third-order valence-electron chi connectivity index (χ3n) is 2.30. The van der Waals surface area contributed by atoms with Crippen LogP contribution in [0.4, 0.5) is 5.69 Å². The molecule has 0 atom stereocenters. The van der Waals surface area contributed by atoms with Crippen LogP contribution >= 0.6 is 0 Å². The Morgan fingerprint density at radius 3 is 2.75 bits per heavy atom. The second kappa shape index (κ2) is 4.66. The zero-order chi connectivity index (χ0) is 11.4. The Morgan fingerprint density at radius 1 is 1.25 bits per heavy atom. The van der Waals surface area contributed by atoms with Crippen molar-refractivity contribution in [1.82, 2.24) is 4.98 Å². The van der Waals surface area contributed by atoms with Crippen LogP contribution in [0.2, 0.25) is 0 Å². The Kier molecular flexibility index (Phi) is 3.05. The molecule has 0 aliphatic rings. The van der Waals surface area contributed by atoms with E-state index in [9.17, 15) is 0 Å². The minimum absolute atomic E-state index is 0.621. The van der Waals surface area contributed by atoms with Gasteiger partial charge in [-0.25, -0.2) is 0 Å². The van der Waals surface area contributed by atoms with Crippen LogP contribution in [0.5, 0.6) is 5.75 Å². The van der Waals surface area contributed by atoms with Crippen LogP contribution in [0.1, 0.15) is 6.92 Å². The third kappa shape index (κ3) is 2.14. The van der Waals surface area contributed by atoms with Crippen LogP contribution in [-0.4, -0.2) is 11.6 Å². The number of hydrogen-bond acceptors (Lipinski definition) is 3. The van der Waals surface area contributed by atoms with Crippen molar-refractivity contribution in [3.8, 4) is 16.9 Å². The first-order valence-corrected chi connectivity index (χ1v) is 5.24. The van der Waals surface area contributed by atoms with Gasteiger partial charge in [-0.05, 0) is 30.7 Å². The zero-order valence-corrected chi connectivity index (χ0v) is 9.18. The summed E-state index contributed by atoms with van der Waals surface area (Å²) in [6.07, 6.45) is 3.57. The van der Waals surface area contributed by atoms with Crippen LogP contribution in [0, 0.1) is 0 Å². The van der Waals surface area contributed by atoms with Gasteiger partial charge in [-0.3, -0.25) is 4.98 Å². The molecule has 2 rings (SSSR count). The van der Waals surface area contributed by atoms with E-state index in [0.717, 1.165) is 16.9 Å². The van der Waals surface area contributed by atoms with E-state index in [1.54, 1.807) is 6.20 Å². The summed E-state index contributed by atoms with van der Waals surface area (Å²) in [5.74, 6) is 0.732. The molecular weight excluding hydrogens is 200 g/mol. The Bertz CT molecular complexity index is 469. The number of anilines is 1. The highest BCUT2D eigenvalue weighted by Gasteiger charge is 2.02. The van der Waals surface area contributed by atoms with Crippen molar-refractivity contribution in [2.24, 2.45) is 0 Å². The lowest BCUT2D eigenvalue weighted by atomic mass is 10.1. The van der Waals surface area contributed by atoms with Crippen LogP contribution in [0.3, 0.4) is 0 Å². The number of nitrogens with zero attached hydrogens (tertiary/aromatic N) is 1. The van der Waals surface area contributed by atoms with Gasteiger partial charge in [0.2, 0.25) is 0 Å². The van der Waals surface area contributed by atoms with Gasteiger partial charge in [0.15, 0.2) is 0 Å². The van der Waals surface area contributed by atoms with Crippen LogP contribution in [0.25, 0.3) is 11.1 Å². The van der Waals surface area contributed by atoms with Gasteiger partial charge in [0, 0.05) is 18.0 Å². The van der Waals surface area contributed by atoms with Crippen LogP contribution < -0.4 is 10.5 Å². The Labute approximate surface area is 94.9 Å². The fraction of sp³-hybridized carbons (Fsp3) is 0.154. The minimum atomic E-state index is 0.621. The van der Waals surface area contributed by atoms with E-state index in [1.165, 1.54) is 0 Å². The lowest BCUT2D eigenvalue weighted by molar-refractivity contribution is 0.342. The number of nitrogens with two attached hydrogens (primary N) is 1. The SMILES string of the molecule is CCOc1ccc(-c2cccnc2)cc1N. The summed E-state index contributed by atoms with van der Waals surface area (Å²) >= 11 is 0. The molecule has 0 aliphatic heterocycles. The number of benzene rings is 1. The van der Waals surface area contributed by atoms with Gasteiger partial charge in [0.05, 0.1) is 12.3 Å². The quantitative estimate of drug-likeness (QED) is 0.799. The maximum absolute atomic E-state index is 5.90. The number of pyridine rings is 1. The summed E-state index contributed by atoms with van der Waals surface area (Å²) in [6, 6.07) is 9.69. The average Bonchev–Trinajstić information content (AvgIpc) is 2.33. The number of nitrogen functional groups attached to an aromatic ring is 1. The number of ether oxygens (including phenoxy) is 1. The molecule has 0 amide bonds. The molecule has 16 heavy (non-hydrogen) atoms. The van der Waals surface area contributed by atoms with Gasteiger partial charge < -0.3 is 10.5 Å². The highest BCUT2D eigenvalue weighted by atomic mass is 16.5. The predicted octanol–water partition coefficient (Wildman–Crippen LogP) is 2.73. The molecule has 0 fully saturated rings. The molecule has 1 aromatic heterocycles. The molecule has 2 aromatic rings. The van der Waals surface area contributed by atoms with Crippen molar-refractivity contribution in [2.75, 3.05) is 12.3 Å². The highest BCUT2D eigenvalue weighted by Crippen LogP contribution is 2.27. The molecule has 2 N–H and O–H groups in total. The molecule has 0 bridgehead atoms. The van der Waals surface area contributed by atoms with Crippen molar-refractivity contribution in [3.63, 3.8) is 0 Å². The fourth-order valence-electron chi connectivity index (χ4n) is 1.55. The Balaban J connectivity index is 2.35. The van der Waals surface area contributed by atoms with Gasteiger partial charge in [-0.15, -0.1) is 0 Å². The Hall–Kier alpha value is -2.03. The van der Waals surface area contributed by atoms with E-state index in [2.05, 4.69) is 4.98 Å². The first-order valence-electron chi connectivity index (χ1n) is 5.24. The summed E-state index contributed by atoms with van der Waals surface area (Å²) in [7, 11) is 0. The molecule has 1 heterocycles.